The van der Waals surface area contributed by atoms with Crippen molar-refractivity contribution >= 4 is 0 Å². The van der Waals surface area contributed by atoms with Crippen LogP contribution in [0.1, 0.15) is 34.2 Å². The van der Waals surface area contributed by atoms with Crippen molar-refractivity contribution in [3.8, 4) is 68.3 Å². The molecule has 1 aliphatic rings. The molecule has 12 aromatic rings. The Kier molecular flexibility index (Phi) is 22.2. The second kappa shape index (κ2) is 33.1. The molecule has 13 heterocycles. The van der Waals surface area contributed by atoms with Crippen LogP contribution in [0.2, 0.25) is 0 Å². The Labute approximate surface area is 562 Å². The second-order valence-electron chi connectivity index (χ2n) is 24.0. The largest absolute Gasteiger partial charge is 0.295 e. The van der Waals surface area contributed by atoms with Gasteiger partial charge in [0, 0.05) is 155 Å². The van der Waals surface area contributed by atoms with Crippen LogP contribution in [-0.4, -0.2) is 168 Å². The van der Waals surface area contributed by atoms with Gasteiger partial charge >= 0.3 is 0 Å². The van der Waals surface area contributed by atoms with E-state index in [1.807, 2.05) is 146 Å². The summed E-state index contributed by atoms with van der Waals surface area (Å²) in [7, 11) is 0. The first-order valence-electron chi connectivity index (χ1n) is 33.1. The van der Waals surface area contributed by atoms with Crippen molar-refractivity contribution in [3.63, 3.8) is 0 Å². The van der Waals surface area contributed by atoms with Gasteiger partial charge in [-0.3, -0.25) is 59.3 Å². The highest BCUT2D eigenvalue weighted by atomic mass is 15.3. The molecule has 0 N–H and O–H groups in total. The SMILES string of the molecule is c1ccc(-c2cccc(CN3CCN(Cc4cccc(-c5ccccn5)n4)CCN(Cc4cccc(-c5ccccn5)n4)CCN(Cc4cccc(-c5ccccn5)n4)CCN(Cc4cccc(-c5ccccn5)n4)CCN(Cc4cccc(-c5ccccn5)n4)CC3)n2)nc1. The van der Waals surface area contributed by atoms with E-state index in [0.717, 1.165) is 181 Å². The highest BCUT2D eigenvalue weighted by Gasteiger charge is 2.22. The van der Waals surface area contributed by atoms with Crippen LogP contribution in [0.3, 0.4) is 0 Å². The summed E-state index contributed by atoms with van der Waals surface area (Å²) in [5.74, 6) is 0. The summed E-state index contributed by atoms with van der Waals surface area (Å²) in [4.78, 5) is 75.3. The molecular weight excluding hydrogens is 1190 g/mol. The summed E-state index contributed by atoms with van der Waals surface area (Å²) in [5, 5.41) is 0. The standard InChI is InChI=1S/C78H78N18/c1-7-37-79-67(25-1)73-31-13-19-61(85-73)55-91-43-45-92(56-62-20-14-32-74(86-62)68-26-2-8-38-80-68)47-49-94(58-64-22-16-34-76(88-64)70-28-4-10-40-82-70)51-53-96(60-66-24-18-36-78(90-66)72-30-6-12-42-84-72)54-52-95(59-65-23-17-35-77(89-65)71-29-5-11-41-83-71)50-48-93(46-44-91)57-63-21-15-33-75(87-63)69-27-3-9-39-81-69/h1-42H,43-60H2. The fourth-order valence-electron chi connectivity index (χ4n) is 12.0. The maximum atomic E-state index is 5.28. The Bertz CT molecular complexity index is 3590. The van der Waals surface area contributed by atoms with E-state index in [2.05, 4.69) is 139 Å². The minimum absolute atomic E-state index is 0.632. The summed E-state index contributed by atoms with van der Waals surface area (Å²) in [6.45, 7) is 12.9. The summed E-state index contributed by atoms with van der Waals surface area (Å²) in [6.07, 6.45) is 11.0. The van der Waals surface area contributed by atoms with Gasteiger partial charge in [-0.05, 0) is 146 Å². The van der Waals surface area contributed by atoms with Crippen molar-refractivity contribution in [3.05, 3.63) is 290 Å². The molecule has 1 saturated heterocycles. The van der Waals surface area contributed by atoms with Gasteiger partial charge in [0.1, 0.15) is 0 Å². The Morgan fingerprint density at radius 3 is 0.448 bits per heavy atom. The summed E-state index contributed by atoms with van der Waals surface area (Å²) < 4.78 is 0. The van der Waals surface area contributed by atoms with E-state index in [0.29, 0.717) is 39.3 Å². The quantitative estimate of drug-likeness (QED) is 0.0792. The molecule has 0 amide bonds. The summed E-state index contributed by atoms with van der Waals surface area (Å²) in [5.41, 5.74) is 16.1. The zero-order valence-corrected chi connectivity index (χ0v) is 54.0. The van der Waals surface area contributed by atoms with Gasteiger partial charge in [-0.2, -0.15) is 0 Å². The van der Waals surface area contributed by atoms with E-state index >= 15 is 0 Å². The molecule has 13 rings (SSSR count). The monoisotopic (exact) mass is 1270 g/mol. The third kappa shape index (κ3) is 18.5. The fraction of sp³-hybridized carbons (Fsp3) is 0.231. The zero-order chi connectivity index (χ0) is 64.8. The number of rotatable bonds is 18. The minimum atomic E-state index is 0.632. The van der Waals surface area contributed by atoms with E-state index in [1.54, 1.807) is 0 Å². The highest BCUT2D eigenvalue weighted by molar-refractivity contribution is 5.57. The van der Waals surface area contributed by atoms with E-state index in [9.17, 15) is 0 Å². The molecule has 18 nitrogen and oxygen atoms in total. The van der Waals surface area contributed by atoms with Crippen molar-refractivity contribution in [2.75, 3.05) is 78.5 Å². The lowest BCUT2D eigenvalue weighted by Crippen LogP contribution is -2.45. The van der Waals surface area contributed by atoms with Crippen molar-refractivity contribution in [1.82, 2.24) is 89.2 Å². The number of hydrogen-bond donors (Lipinski definition) is 0. The van der Waals surface area contributed by atoms with Crippen LogP contribution in [0.25, 0.3) is 68.3 Å². The van der Waals surface area contributed by atoms with Gasteiger partial charge in [-0.15, -0.1) is 0 Å². The summed E-state index contributed by atoms with van der Waals surface area (Å²) in [6, 6.07) is 73.7. The topological polar surface area (TPSA) is 174 Å². The van der Waals surface area contributed by atoms with E-state index < -0.39 is 0 Å². The number of pyridine rings is 12. The smallest absolute Gasteiger partial charge is 0.0890 e. The van der Waals surface area contributed by atoms with Crippen molar-refractivity contribution in [1.29, 1.82) is 0 Å². The fourth-order valence-corrected chi connectivity index (χ4v) is 12.0. The molecule has 18 heteroatoms. The number of nitrogens with zero attached hydrogens (tertiary/aromatic N) is 18. The Morgan fingerprint density at radius 1 is 0.167 bits per heavy atom. The Hall–Kier alpha value is -10.4. The van der Waals surface area contributed by atoms with E-state index in [1.165, 1.54) is 0 Å². The van der Waals surface area contributed by atoms with Gasteiger partial charge in [-0.25, -0.2) is 29.9 Å². The molecule has 0 saturated carbocycles. The van der Waals surface area contributed by atoms with Gasteiger partial charge in [0.25, 0.3) is 0 Å². The van der Waals surface area contributed by atoms with Gasteiger partial charge in [-0.1, -0.05) is 72.8 Å². The lowest BCUT2D eigenvalue weighted by molar-refractivity contribution is 0.120. The van der Waals surface area contributed by atoms with Crippen LogP contribution >= 0.6 is 0 Å². The highest BCUT2D eigenvalue weighted by Crippen LogP contribution is 2.23. The van der Waals surface area contributed by atoms with Crippen LogP contribution in [-0.2, 0) is 39.3 Å². The summed E-state index contributed by atoms with van der Waals surface area (Å²) >= 11 is 0. The van der Waals surface area contributed by atoms with Crippen LogP contribution in [0.5, 0.6) is 0 Å². The van der Waals surface area contributed by atoms with Gasteiger partial charge in [0.2, 0.25) is 0 Å². The lowest BCUT2D eigenvalue weighted by atomic mass is 10.2. The molecule has 480 valence electrons. The van der Waals surface area contributed by atoms with Crippen LogP contribution < -0.4 is 0 Å². The zero-order valence-electron chi connectivity index (χ0n) is 54.0. The number of aromatic nitrogens is 12. The van der Waals surface area contributed by atoms with Crippen LogP contribution in [0.15, 0.2) is 256 Å². The lowest BCUT2D eigenvalue weighted by Gasteiger charge is -2.34. The molecule has 96 heavy (non-hydrogen) atoms. The third-order valence-electron chi connectivity index (χ3n) is 17.1. The molecule has 0 radical (unpaired) electrons. The van der Waals surface area contributed by atoms with Crippen molar-refractivity contribution in [2.45, 2.75) is 39.3 Å². The molecule has 12 aromatic heterocycles. The van der Waals surface area contributed by atoms with Gasteiger partial charge < -0.3 is 0 Å². The molecule has 1 fully saturated rings. The molecule has 0 spiro atoms. The van der Waals surface area contributed by atoms with Gasteiger partial charge in [0.15, 0.2) is 0 Å². The molecule has 0 unspecified atom stereocenters. The Morgan fingerprint density at radius 2 is 0.312 bits per heavy atom. The first kappa shape index (κ1) is 64.3. The molecule has 0 atom stereocenters. The molecule has 0 bridgehead atoms. The van der Waals surface area contributed by atoms with Crippen LogP contribution in [0.4, 0.5) is 0 Å². The first-order valence-corrected chi connectivity index (χ1v) is 33.1. The predicted molar refractivity (Wildman–Crippen MR) is 376 cm³/mol. The average Bonchev–Trinajstić information content (AvgIpc) is 1.61. The minimum Gasteiger partial charge on any atom is -0.295 e. The predicted octanol–water partition coefficient (Wildman–Crippen LogP) is 11.8. The van der Waals surface area contributed by atoms with E-state index in [4.69, 9.17) is 59.8 Å². The number of hydrogen-bond acceptors (Lipinski definition) is 18. The van der Waals surface area contributed by atoms with Crippen molar-refractivity contribution in [2.24, 2.45) is 0 Å². The molecule has 0 aromatic carbocycles. The molecule has 0 aliphatic carbocycles. The Balaban J connectivity index is 0.878. The molecule has 1 aliphatic heterocycles. The second-order valence-corrected chi connectivity index (χ2v) is 24.0. The molecular formula is C78H78N18. The first-order chi connectivity index (χ1) is 47.5. The maximum absolute atomic E-state index is 5.28. The van der Waals surface area contributed by atoms with Gasteiger partial charge in [0.05, 0.1) is 102 Å². The third-order valence-corrected chi connectivity index (χ3v) is 17.1. The van der Waals surface area contributed by atoms with E-state index in [-0.39, 0.29) is 0 Å². The van der Waals surface area contributed by atoms with Crippen LogP contribution in [0, 0.1) is 0 Å². The average molecular weight is 1270 g/mol. The normalized spacial score (nSPS) is 15.0. The van der Waals surface area contributed by atoms with Crippen molar-refractivity contribution < 1.29 is 0 Å². The maximum Gasteiger partial charge on any atom is 0.0890 e.